The van der Waals surface area contributed by atoms with Crippen molar-refractivity contribution in [2.45, 2.75) is 60.5 Å². The Hall–Kier alpha value is -1.84. The topological polar surface area (TPSA) is 40.6 Å². The molecule has 130 valence electrons. The minimum atomic E-state index is -0.0143. The quantitative estimate of drug-likeness (QED) is 0.852. The summed E-state index contributed by atoms with van der Waals surface area (Å²) in [5, 5.41) is 0. The van der Waals surface area contributed by atoms with Crippen LogP contribution in [0.1, 0.15) is 53.5 Å². The maximum atomic E-state index is 12.1. The number of nitrogens with zero attached hydrogens (tertiary/aromatic N) is 2. The molecule has 1 aromatic rings. The second-order valence-corrected chi connectivity index (χ2v) is 4.97. The van der Waals surface area contributed by atoms with Crippen LogP contribution >= 0.6 is 0 Å². The molecule has 2 rings (SSSR count). The van der Waals surface area contributed by atoms with Gasteiger partial charge in [-0.15, -0.1) is 0 Å². The smallest absolute Gasteiger partial charge is 0.242 e. The van der Waals surface area contributed by atoms with Gasteiger partial charge in [0.25, 0.3) is 0 Å². The van der Waals surface area contributed by atoms with Crippen LogP contribution in [0.15, 0.2) is 30.3 Å². The summed E-state index contributed by atoms with van der Waals surface area (Å²) in [6.45, 7) is 13.0. The summed E-state index contributed by atoms with van der Waals surface area (Å²) in [6, 6.07) is 10.1. The fourth-order valence-corrected chi connectivity index (χ4v) is 2.50. The summed E-state index contributed by atoms with van der Waals surface area (Å²) in [4.78, 5) is 27.2. The van der Waals surface area contributed by atoms with Gasteiger partial charge < -0.3 is 9.80 Å². The van der Waals surface area contributed by atoms with Gasteiger partial charge in [0, 0.05) is 26.1 Å². The molecule has 1 atom stereocenters. The molecule has 23 heavy (non-hydrogen) atoms. The fourth-order valence-electron chi connectivity index (χ4n) is 2.50. The highest BCUT2D eigenvalue weighted by molar-refractivity contribution is 5.85. The van der Waals surface area contributed by atoms with Gasteiger partial charge in [-0.2, -0.15) is 0 Å². The van der Waals surface area contributed by atoms with Crippen LogP contribution in [0, 0.1) is 0 Å². The Bertz CT molecular complexity index is 460. The van der Waals surface area contributed by atoms with E-state index in [9.17, 15) is 9.59 Å². The molecule has 4 heteroatoms. The number of carbonyl (C=O) groups excluding carboxylic acids is 2. The molecule has 1 aliphatic heterocycles. The van der Waals surface area contributed by atoms with Gasteiger partial charge in [-0.05, 0) is 12.0 Å². The molecule has 0 radical (unpaired) electrons. The predicted molar refractivity (Wildman–Crippen MR) is 96.0 cm³/mol. The molecule has 1 aliphatic rings. The van der Waals surface area contributed by atoms with Crippen molar-refractivity contribution in [2.24, 2.45) is 0 Å². The van der Waals surface area contributed by atoms with Crippen molar-refractivity contribution in [1.29, 1.82) is 0 Å². The lowest BCUT2D eigenvalue weighted by molar-refractivity contribution is -0.148. The maximum Gasteiger partial charge on any atom is 0.242 e. The number of carbonyl (C=O) groups is 2. The number of piperazine rings is 1. The van der Waals surface area contributed by atoms with Gasteiger partial charge in [0.2, 0.25) is 11.8 Å². The summed E-state index contributed by atoms with van der Waals surface area (Å²) in [5.41, 5.74) is 1.13. The first kappa shape index (κ1) is 21.2. The van der Waals surface area contributed by atoms with Gasteiger partial charge in [-0.1, -0.05) is 65.0 Å². The second kappa shape index (κ2) is 11.7. The molecule has 0 aromatic heterocycles. The van der Waals surface area contributed by atoms with Crippen LogP contribution in [0.2, 0.25) is 0 Å². The van der Waals surface area contributed by atoms with Crippen molar-refractivity contribution >= 4 is 11.8 Å². The van der Waals surface area contributed by atoms with Gasteiger partial charge in [0.1, 0.15) is 6.54 Å². The van der Waals surface area contributed by atoms with E-state index in [1.165, 1.54) is 6.92 Å². The highest BCUT2D eigenvalue weighted by Crippen LogP contribution is 2.16. The van der Waals surface area contributed by atoms with E-state index in [4.69, 9.17) is 0 Å². The van der Waals surface area contributed by atoms with Crippen LogP contribution < -0.4 is 0 Å². The van der Waals surface area contributed by atoms with Gasteiger partial charge in [-0.3, -0.25) is 9.59 Å². The molecule has 1 aromatic carbocycles. The lowest BCUT2D eigenvalue weighted by atomic mass is 10.1. The maximum absolute atomic E-state index is 12.1. The van der Waals surface area contributed by atoms with E-state index >= 15 is 0 Å². The Morgan fingerprint density at radius 3 is 2.17 bits per heavy atom. The van der Waals surface area contributed by atoms with Crippen LogP contribution in [0.4, 0.5) is 0 Å². The summed E-state index contributed by atoms with van der Waals surface area (Å²) in [6.07, 6.45) is 0.873. The molecule has 2 amide bonds. The van der Waals surface area contributed by atoms with Crippen molar-refractivity contribution in [3.63, 3.8) is 0 Å². The van der Waals surface area contributed by atoms with Gasteiger partial charge in [0.15, 0.2) is 0 Å². The minimum absolute atomic E-state index is 0.0143. The number of amides is 2. The first-order valence-corrected chi connectivity index (χ1v) is 8.70. The minimum Gasteiger partial charge on any atom is -0.335 e. The van der Waals surface area contributed by atoms with E-state index in [0.29, 0.717) is 13.1 Å². The summed E-state index contributed by atoms with van der Waals surface area (Å²) in [5.74, 6) is 0.0170. The molecule has 0 N–H and O–H groups in total. The highest BCUT2D eigenvalue weighted by atomic mass is 16.2. The lowest BCUT2D eigenvalue weighted by Gasteiger charge is -2.40. The largest absolute Gasteiger partial charge is 0.335 e. The van der Waals surface area contributed by atoms with Crippen molar-refractivity contribution in [1.82, 2.24) is 9.80 Å². The van der Waals surface area contributed by atoms with Crippen LogP contribution in [0.3, 0.4) is 0 Å². The third-order valence-electron chi connectivity index (χ3n) is 3.62. The third-order valence-corrected chi connectivity index (χ3v) is 3.62. The van der Waals surface area contributed by atoms with Gasteiger partial charge in [-0.25, -0.2) is 0 Å². The Labute approximate surface area is 141 Å². The zero-order valence-electron chi connectivity index (χ0n) is 15.5. The Kier molecular flexibility index (Phi) is 10.8. The average Bonchev–Trinajstić information content (AvgIpc) is 2.60. The number of rotatable bonds is 3. The van der Waals surface area contributed by atoms with E-state index < -0.39 is 0 Å². The Balaban J connectivity index is 0.00000112. The summed E-state index contributed by atoms with van der Waals surface area (Å²) < 4.78 is 0. The van der Waals surface area contributed by atoms with Gasteiger partial charge in [0.05, 0.1) is 0 Å². The summed E-state index contributed by atoms with van der Waals surface area (Å²) in [7, 11) is 0. The van der Waals surface area contributed by atoms with Crippen molar-refractivity contribution in [3.8, 4) is 0 Å². The van der Waals surface area contributed by atoms with Crippen LogP contribution in [0.25, 0.3) is 0 Å². The average molecular weight is 320 g/mol. The third kappa shape index (κ3) is 6.43. The van der Waals surface area contributed by atoms with E-state index in [1.54, 1.807) is 4.90 Å². The monoisotopic (exact) mass is 320 g/mol. The SMILES string of the molecule is CC.CC.CCC1CN(Cc2ccccc2)C(=O)CN1C(C)=O. The van der Waals surface area contributed by atoms with Crippen LogP contribution in [-0.2, 0) is 16.1 Å². The normalized spacial score (nSPS) is 16.8. The summed E-state index contributed by atoms with van der Waals surface area (Å²) >= 11 is 0. The number of hydrogen-bond donors (Lipinski definition) is 0. The van der Waals surface area contributed by atoms with Crippen LogP contribution in [-0.4, -0.2) is 40.7 Å². The Morgan fingerprint density at radius 2 is 1.70 bits per heavy atom. The zero-order valence-corrected chi connectivity index (χ0v) is 15.5. The molecule has 0 aliphatic carbocycles. The van der Waals surface area contributed by atoms with E-state index in [0.717, 1.165) is 12.0 Å². The van der Waals surface area contributed by atoms with Crippen molar-refractivity contribution in [2.75, 3.05) is 13.1 Å². The van der Waals surface area contributed by atoms with Crippen molar-refractivity contribution in [3.05, 3.63) is 35.9 Å². The first-order chi connectivity index (χ1) is 11.1. The lowest BCUT2D eigenvalue weighted by Crippen LogP contribution is -2.56. The molecular weight excluding hydrogens is 288 g/mol. The molecule has 1 unspecified atom stereocenters. The molecule has 1 saturated heterocycles. The second-order valence-electron chi connectivity index (χ2n) is 4.97. The molecule has 1 heterocycles. The molecule has 0 saturated carbocycles. The fraction of sp³-hybridized carbons (Fsp3) is 0.579. The van der Waals surface area contributed by atoms with Gasteiger partial charge >= 0.3 is 0 Å². The van der Waals surface area contributed by atoms with E-state index in [2.05, 4.69) is 6.92 Å². The molecule has 1 fully saturated rings. The Morgan fingerprint density at radius 1 is 1.13 bits per heavy atom. The molecule has 0 bridgehead atoms. The first-order valence-electron chi connectivity index (χ1n) is 8.70. The highest BCUT2D eigenvalue weighted by Gasteiger charge is 2.32. The zero-order chi connectivity index (χ0) is 17.8. The van der Waals surface area contributed by atoms with Crippen LogP contribution in [0.5, 0.6) is 0 Å². The van der Waals surface area contributed by atoms with E-state index in [-0.39, 0.29) is 24.4 Å². The number of benzene rings is 1. The van der Waals surface area contributed by atoms with Crippen molar-refractivity contribution < 1.29 is 9.59 Å². The predicted octanol–water partition coefficient (Wildman–Crippen LogP) is 3.71. The molecular formula is C19H32N2O2. The van der Waals surface area contributed by atoms with E-state index in [1.807, 2.05) is 62.9 Å². The standard InChI is InChI=1S/C15H20N2O2.2C2H6/c1-3-14-10-16(9-13-7-5-4-6-8-13)15(19)11-17(14)12(2)18;2*1-2/h4-8,14H,3,9-11H2,1-2H3;2*1-2H3. The molecule has 4 nitrogen and oxygen atoms in total. The number of hydrogen-bond acceptors (Lipinski definition) is 2. The molecule has 0 spiro atoms.